The van der Waals surface area contributed by atoms with E-state index in [-0.39, 0.29) is 0 Å². The smallest absolute Gasteiger partial charge is 0.185 e. The third-order valence-corrected chi connectivity index (χ3v) is 5.25. The Labute approximate surface area is 140 Å². The van der Waals surface area contributed by atoms with Gasteiger partial charge in [0.1, 0.15) is 5.82 Å². The molecule has 0 spiro atoms. The Morgan fingerprint density at radius 2 is 2.04 bits per heavy atom. The van der Waals surface area contributed by atoms with Crippen LogP contribution in [0.1, 0.15) is 30.1 Å². The zero-order chi connectivity index (χ0) is 15.5. The Morgan fingerprint density at radius 3 is 2.87 bits per heavy atom. The van der Waals surface area contributed by atoms with E-state index in [9.17, 15) is 0 Å². The van der Waals surface area contributed by atoms with Crippen LogP contribution < -0.4 is 4.90 Å². The fourth-order valence-electron chi connectivity index (χ4n) is 3.33. The number of rotatable bonds is 4. The number of hydrogen-bond donors (Lipinski definition) is 0. The third-order valence-electron chi connectivity index (χ3n) is 4.42. The van der Waals surface area contributed by atoms with Crippen LogP contribution in [0.4, 0.5) is 5.13 Å². The van der Waals surface area contributed by atoms with Gasteiger partial charge in [-0.1, -0.05) is 30.3 Å². The zero-order valence-electron chi connectivity index (χ0n) is 13.0. The summed E-state index contributed by atoms with van der Waals surface area (Å²) in [4.78, 5) is 11.5. The Kier molecular flexibility index (Phi) is 4.11. The maximum absolute atomic E-state index is 4.67. The lowest BCUT2D eigenvalue weighted by Crippen LogP contribution is -2.35. The molecule has 0 aliphatic carbocycles. The molecule has 1 aliphatic rings. The van der Waals surface area contributed by atoms with Crippen molar-refractivity contribution in [2.45, 2.75) is 25.3 Å². The molecule has 5 heteroatoms. The molecule has 0 bridgehead atoms. The molecule has 0 radical (unpaired) electrons. The fraction of sp³-hybridized carbons (Fsp3) is 0.333. The van der Waals surface area contributed by atoms with E-state index in [4.69, 9.17) is 0 Å². The summed E-state index contributed by atoms with van der Waals surface area (Å²) in [7, 11) is 0. The lowest BCUT2D eigenvalue weighted by molar-refractivity contribution is 0.476. The fourth-order valence-corrected chi connectivity index (χ4v) is 4.01. The van der Waals surface area contributed by atoms with Crippen LogP contribution in [0.3, 0.4) is 0 Å². The number of benzene rings is 1. The van der Waals surface area contributed by atoms with Gasteiger partial charge in [0, 0.05) is 49.5 Å². The molecule has 1 aromatic carbocycles. The molecule has 1 saturated heterocycles. The quantitative estimate of drug-likeness (QED) is 0.732. The van der Waals surface area contributed by atoms with Crippen molar-refractivity contribution < 1.29 is 0 Å². The Balaban J connectivity index is 1.53. The SMILES string of the molecule is c1ccc(Cn2ccnc2[C@@H]2CCCN(c3nccs3)C2)cc1. The second-order valence-corrected chi connectivity index (χ2v) is 6.87. The van der Waals surface area contributed by atoms with E-state index in [0.717, 1.165) is 24.8 Å². The minimum Gasteiger partial charge on any atom is -0.347 e. The average molecular weight is 324 g/mol. The van der Waals surface area contributed by atoms with Crippen LogP contribution in [0.15, 0.2) is 54.3 Å². The first-order valence-electron chi connectivity index (χ1n) is 8.09. The molecule has 1 aliphatic heterocycles. The topological polar surface area (TPSA) is 34.0 Å². The summed E-state index contributed by atoms with van der Waals surface area (Å²) in [6.07, 6.45) is 8.32. The molecule has 4 rings (SSSR count). The summed E-state index contributed by atoms with van der Waals surface area (Å²) >= 11 is 1.72. The summed E-state index contributed by atoms with van der Waals surface area (Å²) in [5.74, 6) is 1.68. The summed E-state index contributed by atoms with van der Waals surface area (Å²) in [6, 6.07) is 10.6. The maximum atomic E-state index is 4.67. The van der Waals surface area contributed by atoms with Gasteiger partial charge in [-0.3, -0.25) is 0 Å². The van der Waals surface area contributed by atoms with E-state index in [1.807, 2.05) is 12.4 Å². The first-order valence-corrected chi connectivity index (χ1v) is 8.97. The van der Waals surface area contributed by atoms with Crippen LogP contribution in [0.2, 0.25) is 0 Å². The standard InChI is InChI=1S/C18H20N4S/c1-2-5-15(6-3-1)13-21-11-8-19-17(21)16-7-4-10-22(14-16)18-20-9-12-23-18/h1-3,5-6,8-9,11-12,16H,4,7,10,13-14H2/t16-/m1/s1. The average Bonchev–Trinajstić information content (AvgIpc) is 3.28. The number of thiazole rings is 1. The lowest BCUT2D eigenvalue weighted by Gasteiger charge is -2.32. The first kappa shape index (κ1) is 14.5. The predicted octanol–water partition coefficient (Wildman–Crippen LogP) is 3.77. The van der Waals surface area contributed by atoms with Crippen molar-refractivity contribution in [3.8, 4) is 0 Å². The van der Waals surface area contributed by atoms with Gasteiger partial charge in [-0.2, -0.15) is 0 Å². The van der Waals surface area contributed by atoms with Crippen LogP contribution in [-0.4, -0.2) is 27.6 Å². The number of hydrogen-bond acceptors (Lipinski definition) is 4. The van der Waals surface area contributed by atoms with Gasteiger partial charge in [-0.25, -0.2) is 9.97 Å². The molecule has 0 unspecified atom stereocenters. The normalized spacial score (nSPS) is 18.3. The van der Waals surface area contributed by atoms with Gasteiger partial charge in [0.2, 0.25) is 0 Å². The van der Waals surface area contributed by atoms with E-state index in [0.29, 0.717) is 5.92 Å². The number of piperidine rings is 1. The molecule has 118 valence electrons. The van der Waals surface area contributed by atoms with Crippen LogP contribution in [0, 0.1) is 0 Å². The molecule has 0 saturated carbocycles. The summed E-state index contributed by atoms with van der Waals surface area (Å²) < 4.78 is 2.30. The maximum Gasteiger partial charge on any atom is 0.185 e. The highest BCUT2D eigenvalue weighted by atomic mass is 32.1. The Bertz CT molecular complexity index is 735. The van der Waals surface area contributed by atoms with Gasteiger partial charge in [-0.05, 0) is 18.4 Å². The minimum absolute atomic E-state index is 0.478. The molecule has 1 fully saturated rings. The second-order valence-electron chi connectivity index (χ2n) is 6.00. The second kappa shape index (κ2) is 6.54. The van der Waals surface area contributed by atoms with Gasteiger partial charge >= 0.3 is 0 Å². The molecular weight excluding hydrogens is 304 g/mol. The molecule has 3 aromatic rings. The number of imidazole rings is 1. The molecule has 23 heavy (non-hydrogen) atoms. The lowest BCUT2D eigenvalue weighted by atomic mass is 9.97. The summed E-state index contributed by atoms with van der Waals surface area (Å²) in [5.41, 5.74) is 1.32. The van der Waals surface area contributed by atoms with Crippen LogP contribution in [-0.2, 0) is 6.54 Å². The van der Waals surface area contributed by atoms with Crippen molar-refractivity contribution in [3.05, 3.63) is 65.7 Å². The largest absolute Gasteiger partial charge is 0.347 e. The van der Waals surface area contributed by atoms with Crippen LogP contribution >= 0.6 is 11.3 Å². The molecule has 2 aromatic heterocycles. The van der Waals surface area contributed by atoms with E-state index in [1.54, 1.807) is 11.3 Å². The van der Waals surface area contributed by atoms with E-state index < -0.39 is 0 Å². The van der Waals surface area contributed by atoms with Crippen molar-refractivity contribution in [2.75, 3.05) is 18.0 Å². The van der Waals surface area contributed by atoms with E-state index >= 15 is 0 Å². The number of nitrogens with zero attached hydrogens (tertiary/aromatic N) is 4. The van der Waals surface area contributed by atoms with Gasteiger partial charge in [-0.15, -0.1) is 11.3 Å². The van der Waals surface area contributed by atoms with Crippen molar-refractivity contribution in [2.24, 2.45) is 0 Å². The number of anilines is 1. The van der Waals surface area contributed by atoms with Crippen LogP contribution in [0.5, 0.6) is 0 Å². The third kappa shape index (κ3) is 3.15. The Hall–Kier alpha value is -2.14. The molecule has 0 amide bonds. The van der Waals surface area contributed by atoms with Crippen molar-refractivity contribution >= 4 is 16.5 Å². The van der Waals surface area contributed by atoms with Crippen molar-refractivity contribution in [1.82, 2.24) is 14.5 Å². The highest BCUT2D eigenvalue weighted by molar-refractivity contribution is 7.13. The van der Waals surface area contributed by atoms with Gasteiger partial charge in [0.25, 0.3) is 0 Å². The summed E-state index contributed by atoms with van der Waals surface area (Å²) in [6.45, 7) is 3.01. The summed E-state index contributed by atoms with van der Waals surface area (Å²) in [5, 5.41) is 3.19. The van der Waals surface area contributed by atoms with Gasteiger partial charge in [0.15, 0.2) is 5.13 Å². The van der Waals surface area contributed by atoms with Crippen LogP contribution in [0.25, 0.3) is 0 Å². The molecular formula is C18H20N4S. The number of aromatic nitrogens is 3. The predicted molar refractivity (Wildman–Crippen MR) is 94.1 cm³/mol. The van der Waals surface area contributed by atoms with Gasteiger partial charge in [0.05, 0.1) is 0 Å². The molecule has 0 N–H and O–H groups in total. The molecule has 1 atom stereocenters. The highest BCUT2D eigenvalue weighted by Gasteiger charge is 2.25. The first-order chi connectivity index (χ1) is 11.4. The monoisotopic (exact) mass is 324 g/mol. The van der Waals surface area contributed by atoms with Crippen molar-refractivity contribution in [1.29, 1.82) is 0 Å². The molecule has 4 nitrogen and oxygen atoms in total. The minimum atomic E-state index is 0.478. The highest BCUT2D eigenvalue weighted by Crippen LogP contribution is 2.30. The van der Waals surface area contributed by atoms with E-state index in [2.05, 4.69) is 61.3 Å². The molecule has 3 heterocycles. The zero-order valence-corrected chi connectivity index (χ0v) is 13.8. The Morgan fingerprint density at radius 1 is 1.13 bits per heavy atom. The van der Waals surface area contributed by atoms with Crippen molar-refractivity contribution in [3.63, 3.8) is 0 Å². The van der Waals surface area contributed by atoms with Gasteiger partial charge < -0.3 is 9.47 Å². The van der Waals surface area contributed by atoms with E-state index in [1.165, 1.54) is 24.2 Å².